The first-order valence-electron chi connectivity index (χ1n) is 7.19. The Bertz CT molecular complexity index is 298. The minimum atomic E-state index is -2.71. The van der Waals surface area contributed by atoms with Crippen LogP contribution in [0.2, 0.25) is 15.6 Å². The fourth-order valence-electron chi connectivity index (χ4n) is 3.33. The van der Waals surface area contributed by atoms with Gasteiger partial charge >= 0.3 is 5.97 Å². The minimum Gasteiger partial charge on any atom is -0.466 e. The van der Waals surface area contributed by atoms with Gasteiger partial charge in [-0.05, 0) is 22.5 Å². The topological polar surface area (TPSA) is 46.5 Å². The Morgan fingerprint density at radius 1 is 1.11 bits per heavy atom. The number of hydrogen-bond acceptors (Lipinski definition) is 3. The molecule has 0 aromatic heterocycles. The Morgan fingerprint density at radius 3 is 1.74 bits per heavy atom. The molecule has 0 bridgehead atoms. The maximum absolute atomic E-state index is 12.0. The summed E-state index contributed by atoms with van der Waals surface area (Å²) >= 11 is 0. The molecule has 0 fully saturated rings. The lowest BCUT2D eigenvalue weighted by atomic mass is 10.1. The van der Waals surface area contributed by atoms with Gasteiger partial charge in [0.15, 0.2) is 0 Å². The molecule has 19 heavy (non-hydrogen) atoms. The normalized spacial score (nSPS) is 16.9. The molecule has 114 valence electrons. The Morgan fingerprint density at radius 2 is 1.47 bits per heavy atom. The van der Waals surface area contributed by atoms with Crippen molar-refractivity contribution in [3.63, 3.8) is 0 Å². The zero-order chi connectivity index (χ0) is 15.6. The van der Waals surface area contributed by atoms with Crippen LogP contribution < -0.4 is 0 Å². The summed E-state index contributed by atoms with van der Waals surface area (Å²) in [4.78, 5) is 23.4. The Balaban J connectivity index is 5.49. The van der Waals surface area contributed by atoms with Crippen LogP contribution in [-0.4, -0.2) is 25.7 Å². The summed E-state index contributed by atoms with van der Waals surface area (Å²) in [6.07, 6.45) is 0. The van der Waals surface area contributed by atoms with Crippen molar-refractivity contribution in [1.82, 2.24) is 0 Å². The smallest absolute Gasteiger partial charge is 0.308 e. The molecular weight excluding hydrogens is 256 g/mol. The number of esters is 1. The van der Waals surface area contributed by atoms with E-state index in [-0.39, 0.29) is 27.5 Å². The van der Waals surface area contributed by atoms with E-state index in [9.17, 15) is 9.59 Å². The first-order valence-corrected chi connectivity index (χ1v) is 9.22. The third-order valence-corrected chi connectivity index (χ3v) is 10.7. The number of ether oxygens (including phenoxy) is 1. The van der Waals surface area contributed by atoms with Crippen LogP contribution in [0.5, 0.6) is 0 Å². The van der Waals surface area contributed by atoms with Crippen molar-refractivity contribution in [2.45, 2.75) is 77.9 Å². The molecule has 3 nitrogen and oxygen atoms in total. The third kappa shape index (κ3) is 3.60. The molecule has 0 aromatic carbocycles. The predicted octanol–water partition coefficient (Wildman–Crippen LogP) is 4.11. The van der Waals surface area contributed by atoms with E-state index in [0.717, 1.165) is 0 Å². The zero-order valence-electron chi connectivity index (χ0n) is 14.1. The van der Waals surface area contributed by atoms with Gasteiger partial charge in [0.25, 0.3) is 0 Å². The van der Waals surface area contributed by atoms with Crippen LogP contribution in [0.25, 0.3) is 0 Å². The van der Waals surface area contributed by atoms with Crippen molar-refractivity contribution in [1.29, 1.82) is 0 Å². The molecule has 0 amide bonds. The molecule has 0 aromatic rings. The zero-order valence-corrected chi connectivity index (χ0v) is 15.1. The summed E-state index contributed by atoms with van der Waals surface area (Å²) in [5, 5.41) is -0.378. The average Bonchev–Trinajstić information content (AvgIpc) is 2.23. The van der Waals surface area contributed by atoms with E-state index in [1.807, 2.05) is 20.8 Å². The minimum absolute atomic E-state index is 0.0495. The van der Waals surface area contributed by atoms with E-state index in [4.69, 9.17) is 4.74 Å². The van der Waals surface area contributed by atoms with Gasteiger partial charge in [-0.3, -0.25) is 4.79 Å². The Kier molecular flexibility index (Phi) is 5.85. The fourth-order valence-corrected chi connectivity index (χ4v) is 9.17. The number of carbonyl (C=O) groups excluding carboxylic acids is 1. The monoisotopic (exact) mass is 288 g/mol. The lowest BCUT2D eigenvalue weighted by Gasteiger charge is -2.51. The van der Waals surface area contributed by atoms with Gasteiger partial charge < -0.3 is 9.53 Å². The van der Waals surface area contributed by atoms with Crippen LogP contribution >= 0.6 is 0 Å². The first-order chi connectivity index (χ1) is 8.30. The quantitative estimate of drug-likeness (QED) is 0.625. The van der Waals surface area contributed by atoms with E-state index >= 15 is 0 Å². The van der Waals surface area contributed by atoms with Crippen molar-refractivity contribution < 1.29 is 14.3 Å². The predicted molar refractivity (Wildman–Crippen MR) is 82.6 cm³/mol. The maximum Gasteiger partial charge on any atom is 0.308 e. The molecule has 0 spiro atoms. The Hall–Kier alpha value is -0.353. The molecular formula is C15H32O3Si. The van der Waals surface area contributed by atoms with Gasteiger partial charge in [0.05, 0.1) is 12.5 Å². The highest BCUT2D eigenvalue weighted by molar-refractivity contribution is 6.79. The summed E-state index contributed by atoms with van der Waals surface area (Å²) in [5.74, 6) is -0.468. The standard InChI is InChI=1S/C15H32O3Si/c1-10-18-13(16)11(2)12(3)19(17,14(4,5)6)15(7,8)9/h11-12,17H,10H2,1-9H3/t11-,12+/m1/s1. The fraction of sp³-hybridized carbons (Fsp3) is 0.933. The van der Waals surface area contributed by atoms with Crippen LogP contribution in [0.4, 0.5) is 0 Å². The molecule has 0 aliphatic heterocycles. The average molecular weight is 289 g/mol. The molecule has 0 unspecified atom stereocenters. The molecule has 0 aliphatic carbocycles. The van der Waals surface area contributed by atoms with E-state index < -0.39 is 8.32 Å². The number of rotatable bonds is 4. The summed E-state index contributed by atoms with van der Waals surface area (Å²) in [7, 11) is -2.71. The van der Waals surface area contributed by atoms with E-state index in [2.05, 4.69) is 41.5 Å². The lowest BCUT2D eigenvalue weighted by Crippen LogP contribution is -2.57. The summed E-state index contributed by atoms with van der Waals surface area (Å²) < 4.78 is 5.12. The highest BCUT2D eigenvalue weighted by Crippen LogP contribution is 2.56. The van der Waals surface area contributed by atoms with Gasteiger partial charge in [-0.1, -0.05) is 55.4 Å². The summed E-state index contributed by atoms with van der Waals surface area (Å²) in [6, 6.07) is 0. The summed E-state index contributed by atoms with van der Waals surface area (Å²) in [5.41, 5.74) is -0.0495. The molecule has 0 aliphatic rings. The maximum atomic E-state index is 12.0. The van der Waals surface area contributed by atoms with Gasteiger partial charge in [0.2, 0.25) is 8.32 Å². The first kappa shape index (κ1) is 18.6. The van der Waals surface area contributed by atoms with Gasteiger partial charge in [0, 0.05) is 0 Å². The second-order valence-electron chi connectivity index (χ2n) is 7.60. The van der Waals surface area contributed by atoms with Crippen LogP contribution in [0, 0.1) is 5.92 Å². The molecule has 0 saturated carbocycles. The van der Waals surface area contributed by atoms with Crippen molar-refractivity contribution in [2.75, 3.05) is 6.61 Å². The third-order valence-electron chi connectivity index (χ3n) is 4.35. The summed E-state index contributed by atoms with van der Waals surface area (Å²) in [6.45, 7) is 18.6. The lowest BCUT2D eigenvalue weighted by molar-refractivity contribution is -0.147. The van der Waals surface area contributed by atoms with E-state index in [1.165, 1.54) is 0 Å². The van der Waals surface area contributed by atoms with Gasteiger partial charge in [-0.15, -0.1) is 0 Å². The second-order valence-corrected chi connectivity index (χ2v) is 13.0. The van der Waals surface area contributed by atoms with E-state index in [0.29, 0.717) is 6.61 Å². The van der Waals surface area contributed by atoms with Gasteiger partial charge in [-0.25, -0.2) is 0 Å². The van der Waals surface area contributed by atoms with Gasteiger partial charge in [0.1, 0.15) is 0 Å². The van der Waals surface area contributed by atoms with Crippen LogP contribution in [-0.2, 0) is 9.53 Å². The second kappa shape index (κ2) is 5.96. The highest BCUT2D eigenvalue weighted by Gasteiger charge is 2.58. The van der Waals surface area contributed by atoms with Crippen LogP contribution in [0.3, 0.4) is 0 Å². The SMILES string of the molecule is CCOC(=O)[C@H](C)[C@H](C)[Si](O)(C(C)(C)C)C(C)(C)C. The van der Waals surface area contributed by atoms with Crippen molar-refractivity contribution in [3.8, 4) is 0 Å². The molecule has 0 heterocycles. The van der Waals surface area contributed by atoms with Gasteiger partial charge in [-0.2, -0.15) is 0 Å². The molecule has 2 atom stereocenters. The van der Waals surface area contributed by atoms with Crippen molar-refractivity contribution in [2.24, 2.45) is 5.92 Å². The molecule has 0 rings (SSSR count). The van der Waals surface area contributed by atoms with E-state index in [1.54, 1.807) is 0 Å². The molecule has 0 radical (unpaired) electrons. The van der Waals surface area contributed by atoms with Crippen molar-refractivity contribution in [3.05, 3.63) is 0 Å². The highest BCUT2D eigenvalue weighted by atomic mass is 28.4. The van der Waals surface area contributed by atoms with Crippen molar-refractivity contribution >= 4 is 14.3 Å². The number of hydrogen-bond donors (Lipinski definition) is 1. The molecule has 4 heteroatoms. The van der Waals surface area contributed by atoms with Crippen LogP contribution in [0.1, 0.15) is 62.3 Å². The largest absolute Gasteiger partial charge is 0.466 e. The molecule has 0 saturated heterocycles. The Labute approximate surface area is 119 Å². The van der Waals surface area contributed by atoms with Crippen LogP contribution in [0.15, 0.2) is 0 Å². The molecule has 1 N–H and O–H groups in total. The number of carbonyl (C=O) groups is 1.